The summed E-state index contributed by atoms with van der Waals surface area (Å²) in [6.45, 7) is 1.81. The second kappa shape index (κ2) is 4.15. The zero-order chi connectivity index (χ0) is 12.5. The molecular formula is C16H12O2. The normalized spacial score (nSPS) is 10.7. The molecule has 0 radical (unpaired) electrons. The lowest BCUT2D eigenvalue weighted by Gasteiger charge is -2.05. The van der Waals surface area contributed by atoms with Gasteiger partial charge in [-0.05, 0) is 29.3 Å². The summed E-state index contributed by atoms with van der Waals surface area (Å²) in [4.78, 5) is 11.9. The minimum absolute atomic E-state index is 0.00553. The smallest absolute Gasteiger partial charge is 0.192 e. The third-order valence-corrected chi connectivity index (χ3v) is 3.10. The van der Waals surface area contributed by atoms with E-state index < -0.39 is 0 Å². The molecule has 1 aromatic heterocycles. The fourth-order valence-electron chi connectivity index (χ4n) is 2.20. The van der Waals surface area contributed by atoms with Gasteiger partial charge in [-0.2, -0.15) is 0 Å². The summed E-state index contributed by atoms with van der Waals surface area (Å²) in [5.41, 5.74) is 1.54. The lowest BCUT2D eigenvalue weighted by Crippen LogP contribution is -2.04. The van der Waals surface area contributed by atoms with E-state index in [-0.39, 0.29) is 5.43 Å². The van der Waals surface area contributed by atoms with Gasteiger partial charge in [-0.3, -0.25) is 4.79 Å². The zero-order valence-electron chi connectivity index (χ0n) is 10.0. The van der Waals surface area contributed by atoms with Crippen LogP contribution in [0.1, 0.15) is 5.76 Å². The van der Waals surface area contributed by atoms with Gasteiger partial charge in [0.25, 0.3) is 0 Å². The van der Waals surface area contributed by atoms with Gasteiger partial charge in [0.1, 0.15) is 5.76 Å². The van der Waals surface area contributed by atoms with Crippen molar-refractivity contribution in [3.8, 4) is 11.1 Å². The molecule has 3 aromatic rings. The number of hydrogen-bond donors (Lipinski definition) is 0. The molecule has 0 spiro atoms. The molecule has 18 heavy (non-hydrogen) atoms. The maximum Gasteiger partial charge on any atom is 0.192 e. The van der Waals surface area contributed by atoms with Crippen molar-refractivity contribution < 1.29 is 4.42 Å². The van der Waals surface area contributed by atoms with E-state index in [0.29, 0.717) is 11.3 Å². The summed E-state index contributed by atoms with van der Waals surface area (Å²) in [5, 5.41) is 2.29. The van der Waals surface area contributed by atoms with Gasteiger partial charge in [0.15, 0.2) is 5.43 Å². The molecule has 0 unspecified atom stereocenters. The SMILES string of the molecule is Cc1occc(=O)c1-c1ccc2ccccc2c1. The molecular weight excluding hydrogens is 224 g/mol. The van der Waals surface area contributed by atoms with Crippen molar-refractivity contribution in [1.29, 1.82) is 0 Å². The third-order valence-electron chi connectivity index (χ3n) is 3.10. The van der Waals surface area contributed by atoms with Crippen molar-refractivity contribution in [3.63, 3.8) is 0 Å². The highest BCUT2D eigenvalue weighted by molar-refractivity contribution is 5.87. The van der Waals surface area contributed by atoms with Crippen molar-refractivity contribution >= 4 is 10.8 Å². The Bertz CT molecular complexity index is 769. The topological polar surface area (TPSA) is 30.2 Å². The second-order valence-electron chi connectivity index (χ2n) is 4.28. The summed E-state index contributed by atoms with van der Waals surface area (Å²) >= 11 is 0. The summed E-state index contributed by atoms with van der Waals surface area (Å²) < 4.78 is 5.31. The van der Waals surface area contributed by atoms with Crippen LogP contribution in [-0.4, -0.2) is 0 Å². The first-order valence-corrected chi connectivity index (χ1v) is 5.83. The third kappa shape index (κ3) is 1.72. The average molecular weight is 236 g/mol. The van der Waals surface area contributed by atoms with E-state index in [1.807, 2.05) is 43.3 Å². The minimum atomic E-state index is -0.00553. The van der Waals surface area contributed by atoms with E-state index in [1.165, 1.54) is 17.7 Å². The molecule has 0 atom stereocenters. The molecule has 88 valence electrons. The summed E-state index contributed by atoms with van der Waals surface area (Å²) in [6.07, 6.45) is 1.43. The highest BCUT2D eigenvalue weighted by Gasteiger charge is 2.08. The highest BCUT2D eigenvalue weighted by Crippen LogP contribution is 2.24. The van der Waals surface area contributed by atoms with Gasteiger partial charge >= 0.3 is 0 Å². The highest BCUT2D eigenvalue weighted by atomic mass is 16.3. The van der Waals surface area contributed by atoms with E-state index in [2.05, 4.69) is 6.07 Å². The first-order chi connectivity index (χ1) is 8.75. The summed E-state index contributed by atoms with van der Waals surface area (Å²) in [7, 11) is 0. The molecule has 0 fully saturated rings. The molecule has 0 saturated heterocycles. The van der Waals surface area contributed by atoms with Crippen LogP contribution in [0.25, 0.3) is 21.9 Å². The average Bonchev–Trinajstić information content (AvgIpc) is 2.38. The van der Waals surface area contributed by atoms with Crippen LogP contribution in [0.5, 0.6) is 0 Å². The quantitative estimate of drug-likeness (QED) is 0.643. The second-order valence-corrected chi connectivity index (χ2v) is 4.28. The van der Waals surface area contributed by atoms with Crippen LogP contribution < -0.4 is 5.43 Å². The Labute approximate surface area is 105 Å². The van der Waals surface area contributed by atoms with Gasteiger partial charge in [-0.25, -0.2) is 0 Å². The van der Waals surface area contributed by atoms with E-state index in [4.69, 9.17) is 4.42 Å². The zero-order valence-corrected chi connectivity index (χ0v) is 10.0. The van der Waals surface area contributed by atoms with E-state index in [9.17, 15) is 4.79 Å². The standard InChI is InChI=1S/C16H12O2/c1-11-16(15(17)8-9-18-11)14-7-6-12-4-2-3-5-13(12)10-14/h2-10H,1H3. The fraction of sp³-hybridized carbons (Fsp3) is 0.0625. The molecule has 0 aliphatic carbocycles. The lowest BCUT2D eigenvalue weighted by molar-refractivity contribution is 0.517. The lowest BCUT2D eigenvalue weighted by atomic mass is 10.0. The van der Waals surface area contributed by atoms with Crippen molar-refractivity contribution in [2.45, 2.75) is 6.92 Å². The van der Waals surface area contributed by atoms with Crippen LogP contribution in [0, 0.1) is 6.92 Å². The Hall–Kier alpha value is -2.35. The Morgan fingerprint density at radius 1 is 0.944 bits per heavy atom. The Kier molecular flexibility index (Phi) is 2.49. The van der Waals surface area contributed by atoms with Gasteiger partial charge in [-0.1, -0.05) is 36.4 Å². The maximum atomic E-state index is 11.9. The molecule has 2 aromatic carbocycles. The monoisotopic (exact) mass is 236 g/mol. The number of aryl methyl sites for hydroxylation is 1. The van der Waals surface area contributed by atoms with Gasteiger partial charge < -0.3 is 4.42 Å². The summed E-state index contributed by atoms with van der Waals surface area (Å²) in [6, 6.07) is 15.6. The van der Waals surface area contributed by atoms with Crippen molar-refractivity contribution in [2.75, 3.05) is 0 Å². The molecule has 2 heteroatoms. The molecule has 2 nitrogen and oxygen atoms in total. The van der Waals surface area contributed by atoms with Gasteiger partial charge in [0.2, 0.25) is 0 Å². The molecule has 0 N–H and O–H groups in total. The van der Waals surface area contributed by atoms with Crippen LogP contribution in [0.4, 0.5) is 0 Å². The molecule has 3 rings (SSSR count). The largest absolute Gasteiger partial charge is 0.469 e. The first kappa shape index (κ1) is 10.8. The van der Waals surface area contributed by atoms with Crippen molar-refractivity contribution in [3.05, 3.63) is 70.8 Å². The maximum absolute atomic E-state index is 11.9. The first-order valence-electron chi connectivity index (χ1n) is 5.83. The van der Waals surface area contributed by atoms with Crippen LogP contribution in [-0.2, 0) is 0 Å². The Morgan fingerprint density at radius 3 is 2.50 bits per heavy atom. The van der Waals surface area contributed by atoms with Crippen LogP contribution in [0.3, 0.4) is 0 Å². The molecule has 0 amide bonds. The molecule has 0 bridgehead atoms. The Morgan fingerprint density at radius 2 is 1.72 bits per heavy atom. The van der Waals surface area contributed by atoms with Gasteiger partial charge in [-0.15, -0.1) is 0 Å². The van der Waals surface area contributed by atoms with Crippen molar-refractivity contribution in [2.24, 2.45) is 0 Å². The minimum Gasteiger partial charge on any atom is -0.469 e. The molecule has 0 aliphatic rings. The molecule has 0 aliphatic heterocycles. The van der Waals surface area contributed by atoms with E-state index in [0.717, 1.165) is 10.9 Å². The fourth-order valence-corrected chi connectivity index (χ4v) is 2.20. The van der Waals surface area contributed by atoms with Crippen molar-refractivity contribution in [1.82, 2.24) is 0 Å². The molecule has 1 heterocycles. The van der Waals surface area contributed by atoms with Crippen LogP contribution in [0.15, 0.2) is 64.0 Å². The summed E-state index contributed by atoms with van der Waals surface area (Å²) in [5.74, 6) is 0.651. The van der Waals surface area contributed by atoms with E-state index in [1.54, 1.807) is 0 Å². The van der Waals surface area contributed by atoms with Crippen LogP contribution in [0.2, 0.25) is 0 Å². The predicted molar refractivity (Wildman–Crippen MR) is 72.7 cm³/mol. The number of benzene rings is 2. The van der Waals surface area contributed by atoms with Crippen LogP contribution >= 0.6 is 0 Å². The number of rotatable bonds is 1. The Balaban J connectivity index is 2.29. The van der Waals surface area contributed by atoms with Gasteiger partial charge in [0.05, 0.1) is 11.8 Å². The number of fused-ring (bicyclic) bond motifs is 1. The predicted octanol–water partition coefficient (Wildman–Crippen LogP) is 3.77. The molecule has 0 saturated carbocycles. The van der Waals surface area contributed by atoms with Gasteiger partial charge in [0, 0.05) is 6.07 Å². The number of hydrogen-bond acceptors (Lipinski definition) is 2. The van der Waals surface area contributed by atoms with E-state index >= 15 is 0 Å².